The number of hydrogen-bond acceptors (Lipinski definition) is 2. The van der Waals surface area contributed by atoms with Gasteiger partial charge in [-0.1, -0.05) is 12.1 Å². The summed E-state index contributed by atoms with van der Waals surface area (Å²) in [5.74, 6) is 0. The van der Waals surface area contributed by atoms with Crippen LogP contribution in [0.5, 0.6) is 0 Å². The van der Waals surface area contributed by atoms with Crippen LogP contribution in [0.4, 0.5) is 11.4 Å². The molecule has 2 N–H and O–H groups in total. The Morgan fingerprint density at radius 3 is 2.27 bits per heavy atom. The Balaban J connectivity index is 1.76. The standard InChI is InChI=1S/C13H18N2/c14-11-3-1-2-4-12(11)15-9-7-13(5-6-13)8-10-15/h1-4H,5-10,14H2. The molecule has 1 spiro atoms. The number of piperidine rings is 1. The molecule has 1 saturated heterocycles. The summed E-state index contributed by atoms with van der Waals surface area (Å²) in [5.41, 5.74) is 8.89. The highest BCUT2D eigenvalue weighted by molar-refractivity contribution is 5.67. The molecule has 0 amide bonds. The van der Waals surface area contributed by atoms with Gasteiger partial charge in [-0.2, -0.15) is 0 Å². The van der Waals surface area contributed by atoms with Gasteiger partial charge in [-0.3, -0.25) is 0 Å². The van der Waals surface area contributed by atoms with Gasteiger partial charge in [0.25, 0.3) is 0 Å². The molecule has 1 aliphatic carbocycles. The average molecular weight is 202 g/mol. The van der Waals surface area contributed by atoms with Gasteiger partial charge in [0.15, 0.2) is 0 Å². The Morgan fingerprint density at radius 2 is 1.67 bits per heavy atom. The van der Waals surface area contributed by atoms with Crippen molar-refractivity contribution in [3.05, 3.63) is 24.3 Å². The molecule has 0 aromatic heterocycles. The normalized spacial score (nSPS) is 23.1. The second-order valence-electron chi connectivity index (χ2n) is 5.05. The Morgan fingerprint density at radius 1 is 1.00 bits per heavy atom. The second kappa shape index (κ2) is 3.16. The first kappa shape index (κ1) is 9.08. The molecule has 3 rings (SSSR count). The van der Waals surface area contributed by atoms with Crippen LogP contribution < -0.4 is 10.6 Å². The van der Waals surface area contributed by atoms with Gasteiger partial charge in [-0.05, 0) is 43.2 Å². The van der Waals surface area contributed by atoms with Gasteiger partial charge in [0, 0.05) is 13.1 Å². The lowest BCUT2D eigenvalue weighted by Gasteiger charge is -2.34. The summed E-state index contributed by atoms with van der Waals surface area (Å²) in [5, 5.41) is 0. The number of anilines is 2. The summed E-state index contributed by atoms with van der Waals surface area (Å²) < 4.78 is 0. The van der Waals surface area contributed by atoms with E-state index in [1.165, 1.54) is 44.5 Å². The molecule has 0 bridgehead atoms. The topological polar surface area (TPSA) is 29.3 Å². The molecular formula is C13H18N2. The van der Waals surface area contributed by atoms with Crippen LogP contribution in [0, 0.1) is 5.41 Å². The van der Waals surface area contributed by atoms with Gasteiger partial charge in [-0.25, -0.2) is 0 Å². The predicted octanol–water partition coefficient (Wildman–Crippen LogP) is 2.65. The fraction of sp³-hybridized carbons (Fsp3) is 0.538. The van der Waals surface area contributed by atoms with Crippen molar-refractivity contribution in [1.82, 2.24) is 0 Å². The van der Waals surface area contributed by atoms with Gasteiger partial charge >= 0.3 is 0 Å². The van der Waals surface area contributed by atoms with E-state index in [1.807, 2.05) is 12.1 Å². The highest BCUT2D eigenvalue weighted by Crippen LogP contribution is 2.54. The molecule has 0 radical (unpaired) electrons. The van der Waals surface area contributed by atoms with Crippen molar-refractivity contribution in [1.29, 1.82) is 0 Å². The Bertz CT molecular complexity index is 359. The number of rotatable bonds is 1. The highest BCUT2D eigenvalue weighted by Gasteiger charge is 2.44. The number of para-hydroxylation sites is 2. The zero-order valence-electron chi connectivity index (χ0n) is 9.08. The summed E-state index contributed by atoms with van der Waals surface area (Å²) in [4.78, 5) is 2.44. The minimum Gasteiger partial charge on any atom is -0.397 e. The van der Waals surface area contributed by atoms with E-state index in [0.717, 1.165) is 11.1 Å². The summed E-state index contributed by atoms with van der Waals surface area (Å²) in [6, 6.07) is 8.22. The third-order valence-corrected chi connectivity index (χ3v) is 4.06. The first-order valence-corrected chi connectivity index (χ1v) is 5.89. The predicted molar refractivity (Wildman–Crippen MR) is 64.0 cm³/mol. The molecule has 0 atom stereocenters. The fourth-order valence-electron chi connectivity index (χ4n) is 2.67. The summed E-state index contributed by atoms with van der Waals surface area (Å²) in [6.07, 6.45) is 5.65. The number of hydrogen-bond donors (Lipinski definition) is 1. The maximum atomic E-state index is 5.99. The van der Waals surface area contributed by atoms with Gasteiger partial charge in [0.2, 0.25) is 0 Å². The molecule has 0 unspecified atom stereocenters. The first-order valence-electron chi connectivity index (χ1n) is 5.89. The van der Waals surface area contributed by atoms with E-state index in [0.29, 0.717) is 0 Å². The average Bonchev–Trinajstić information content (AvgIpc) is 3.01. The lowest BCUT2D eigenvalue weighted by atomic mass is 9.93. The molecule has 2 fully saturated rings. The van der Waals surface area contributed by atoms with Crippen LogP contribution in [-0.4, -0.2) is 13.1 Å². The Labute approximate surface area is 91.1 Å². The maximum Gasteiger partial charge on any atom is 0.0599 e. The van der Waals surface area contributed by atoms with Crippen molar-refractivity contribution in [2.45, 2.75) is 25.7 Å². The number of nitrogen functional groups attached to an aromatic ring is 1. The highest BCUT2D eigenvalue weighted by atomic mass is 15.1. The number of nitrogens with zero attached hydrogens (tertiary/aromatic N) is 1. The van der Waals surface area contributed by atoms with Crippen molar-refractivity contribution in [3.63, 3.8) is 0 Å². The minimum atomic E-state index is 0.750. The molecule has 2 nitrogen and oxygen atoms in total. The van der Waals surface area contributed by atoms with Crippen molar-refractivity contribution < 1.29 is 0 Å². The first-order chi connectivity index (χ1) is 7.29. The van der Waals surface area contributed by atoms with Crippen LogP contribution in [0.3, 0.4) is 0 Å². The summed E-state index contributed by atoms with van der Waals surface area (Å²) in [7, 11) is 0. The zero-order valence-corrected chi connectivity index (χ0v) is 9.08. The molecule has 80 valence electrons. The van der Waals surface area contributed by atoms with Crippen LogP contribution in [0.1, 0.15) is 25.7 Å². The van der Waals surface area contributed by atoms with Crippen LogP contribution in [0.2, 0.25) is 0 Å². The van der Waals surface area contributed by atoms with Crippen LogP contribution in [0.15, 0.2) is 24.3 Å². The number of benzene rings is 1. The van der Waals surface area contributed by atoms with E-state index in [1.54, 1.807) is 0 Å². The maximum absolute atomic E-state index is 5.99. The Kier molecular flexibility index (Phi) is 1.91. The van der Waals surface area contributed by atoms with Gasteiger partial charge in [0.1, 0.15) is 0 Å². The molecular weight excluding hydrogens is 184 g/mol. The van der Waals surface area contributed by atoms with E-state index >= 15 is 0 Å². The molecule has 2 aliphatic rings. The molecule has 1 aromatic rings. The van der Waals surface area contributed by atoms with Gasteiger partial charge < -0.3 is 10.6 Å². The lowest BCUT2D eigenvalue weighted by Crippen LogP contribution is -2.34. The van der Waals surface area contributed by atoms with E-state index in [-0.39, 0.29) is 0 Å². The third-order valence-electron chi connectivity index (χ3n) is 4.06. The molecule has 1 heterocycles. The van der Waals surface area contributed by atoms with Crippen LogP contribution in [0.25, 0.3) is 0 Å². The van der Waals surface area contributed by atoms with Crippen molar-refractivity contribution >= 4 is 11.4 Å². The molecule has 15 heavy (non-hydrogen) atoms. The monoisotopic (exact) mass is 202 g/mol. The van der Waals surface area contributed by atoms with E-state index in [2.05, 4.69) is 17.0 Å². The quantitative estimate of drug-likeness (QED) is 0.709. The molecule has 1 aromatic carbocycles. The summed E-state index contributed by atoms with van der Waals surface area (Å²) in [6.45, 7) is 2.38. The molecule has 1 aliphatic heterocycles. The second-order valence-corrected chi connectivity index (χ2v) is 5.05. The van der Waals surface area contributed by atoms with Crippen LogP contribution in [-0.2, 0) is 0 Å². The van der Waals surface area contributed by atoms with E-state index in [9.17, 15) is 0 Å². The fourth-order valence-corrected chi connectivity index (χ4v) is 2.67. The van der Waals surface area contributed by atoms with Crippen molar-refractivity contribution in [3.8, 4) is 0 Å². The number of nitrogens with two attached hydrogens (primary N) is 1. The smallest absolute Gasteiger partial charge is 0.0599 e. The largest absolute Gasteiger partial charge is 0.397 e. The van der Waals surface area contributed by atoms with Crippen molar-refractivity contribution in [2.24, 2.45) is 5.41 Å². The summed E-state index contributed by atoms with van der Waals surface area (Å²) >= 11 is 0. The molecule has 1 saturated carbocycles. The molecule has 2 heteroatoms. The van der Waals surface area contributed by atoms with E-state index in [4.69, 9.17) is 5.73 Å². The zero-order chi connectivity index (χ0) is 10.3. The van der Waals surface area contributed by atoms with Crippen molar-refractivity contribution in [2.75, 3.05) is 23.7 Å². The van der Waals surface area contributed by atoms with Gasteiger partial charge in [0.05, 0.1) is 11.4 Å². The van der Waals surface area contributed by atoms with E-state index < -0.39 is 0 Å². The SMILES string of the molecule is Nc1ccccc1N1CCC2(CC1)CC2. The van der Waals surface area contributed by atoms with Gasteiger partial charge in [-0.15, -0.1) is 0 Å². The lowest BCUT2D eigenvalue weighted by molar-refractivity contribution is 0.384. The third kappa shape index (κ3) is 1.58. The Hall–Kier alpha value is -1.18. The van der Waals surface area contributed by atoms with Crippen LogP contribution >= 0.6 is 0 Å². The minimum absolute atomic E-state index is 0.750.